The van der Waals surface area contributed by atoms with Crippen LogP contribution in [-0.4, -0.2) is 59.4 Å². The molecule has 2 unspecified atom stereocenters. The van der Waals surface area contributed by atoms with Gasteiger partial charge in [0.05, 0.1) is 12.5 Å². The number of aromatic amines is 1. The van der Waals surface area contributed by atoms with Gasteiger partial charge >= 0.3 is 0 Å². The minimum Gasteiger partial charge on any atom is -0.356 e. The van der Waals surface area contributed by atoms with Crippen LogP contribution >= 0.6 is 0 Å². The molecule has 0 spiro atoms. The molecule has 32 heavy (non-hydrogen) atoms. The molecule has 0 aliphatic carbocycles. The van der Waals surface area contributed by atoms with Crippen molar-refractivity contribution in [2.24, 2.45) is 11.8 Å². The molecule has 0 radical (unpaired) electrons. The number of nitrogens with zero attached hydrogens (tertiary/aromatic N) is 1. The van der Waals surface area contributed by atoms with Gasteiger partial charge in [-0.2, -0.15) is 0 Å². The second kappa shape index (κ2) is 10.3. The monoisotopic (exact) mass is 445 g/mol. The van der Waals surface area contributed by atoms with Gasteiger partial charge in [0.2, 0.25) is 5.91 Å². The standard InChI is InChI=1S/C22H28FN5O4/c1-13(2)9-17(26-21(31)18-10-14-5-3-4-6-16(14)25-18)22(32)27-28(19(29)11-23)12-15-7-8-24-20(15)30/h3-6,10,13,15,17,25H,7-9,11-12H2,1-2H3,(H,24,30)(H,26,31)(H,27,32). The molecule has 0 saturated carbocycles. The highest BCUT2D eigenvalue weighted by atomic mass is 19.1. The molecule has 1 aromatic carbocycles. The van der Waals surface area contributed by atoms with Gasteiger partial charge in [-0.05, 0) is 30.9 Å². The third-order valence-corrected chi connectivity index (χ3v) is 5.33. The SMILES string of the molecule is CC(C)CC(NC(=O)c1cc2ccccc2[nH]1)C(=O)NN(CC1CCNC1=O)C(=O)CF. The molecular weight excluding hydrogens is 417 g/mol. The number of alkyl halides is 1. The van der Waals surface area contributed by atoms with Gasteiger partial charge in [0.25, 0.3) is 17.7 Å². The van der Waals surface area contributed by atoms with Gasteiger partial charge in [-0.25, -0.2) is 4.39 Å². The van der Waals surface area contributed by atoms with Gasteiger partial charge in [-0.1, -0.05) is 32.0 Å². The van der Waals surface area contributed by atoms with E-state index in [9.17, 15) is 23.6 Å². The van der Waals surface area contributed by atoms with Crippen molar-refractivity contribution in [2.75, 3.05) is 19.8 Å². The van der Waals surface area contributed by atoms with Crippen LogP contribution in [0.25, 0.3) is 10.9 Å². The molecule has 10 heteroatoms. The Bertz CT molecular complexity index is 972. The Hall–Kier alpha value is -3.43. The summed E-state index contributed by atoms with van der Waals surface area (Å²) in [5.41, 5.74) is 3.49. The number of aromatic nitrogens is 1. The number of para-hydroxylation sites is 1. The van der Waals surface area contributed by atoms with Crippen LogP contribution in [-0.2, 0) is 14.4 Å². The van der Waals surface area contributed by atoms with E-state index in [0.717, 1.165) is 15.9 Å². The molecule has 3 rings (SSSR count). The maximum Gasteiger partial charge on any atom is 0.272 e. The van der Waals surface area contributed by atoms with Crippen molar-refractivity contribution in [1.82, 2.24) is 26.1 Å². The lowest BCUT2D eigenvalue weighted by molar-refractivity contribution is -0.144. The average molecular weight is 445 g/mol. The number of benzene rings is 1. The average Bonchev–Trinajstić information content (AvgIpc) is 3.37. The van der Waals surface area contributed by atoms with E-state index in [1.54, 1.807) is 6.07 Å². The van der Waals surface area contributed by atoms with Crippen LogP contribution in [0.2, 0.25) is 0 Å². The summed E-state index contributed by atoms with van der Waals surface area (Å²) in [6, 6.07) is 8.13. The zero-order chi connectivity index (χ0) is 23.3. The molecule has 2 atom stereocenters. The van der Waals surface area contributed by atoms with E-state index in [0.29, 0.717) is 25.1 Å². The van der Waals surface area contributed by atoms with Gasteiger partial charge in [0.15, 0.2) is 6.67 Å². The van der Waals surface area contributed by atoms with E-state index in [1.165, 1.54) is 0 Å². The topological polar surface area (TPSA) is 123 Å². The second-order valence-corrected chi connectivity index (χ2v) is 8.32. The lowest BCUT2D eigenvalue weighted by Gasteiger charge is -2.27. The number of amides is 4. The quantitative estimate of drug-likeness (QED) is 0.457. The number of hydrazine groups is 1. The predicted molar refractivity (Wildman–Crippen MR) is 116 cm³/mol. The molecule has 2 aromatic rings. The highest BCUT2D eigenvalue weighted by molar-refractivity contribution is 6.00. The first-order valence-electron chi connectivity index (χ1n) is 10.6. The van der Waals surface area contributed by atoms with Gasteiger partial charge < -0.3 is 15.6 Å². The summed E-state index contributed by atoms with van der Waals surface area (Å²) in [5.74, 6) is -2.80. The summed E-state index contributed by atoms with van der Waals surface area (Å²) in [5, 5.41) is 7.03. The minimum atomic E-state index is -1.31. The Labute approximate surface area is 185 Å². The Morgan fingerprint density at radius 1 is 1.25 bits per heavy atom. The van der Waals surface area contributed by atoms with Gasteiger partial charge in [0.1, 0.15) is 11.7 Å². The van der Waals surface area contributed by atoms with E-state index in [1.807, 2.05) is 38.1 Å². The Morgan fingerprint density at radius 3 is 2.62 bits per heavy atom. The number of nitrogens with one attached hydrogen (secondary N) is 4. The van der Waals surface area contributed by atoms with E-state index in [2.05, 4.69) is 21.0 Å². The number of fused-ring (bicyclic) bond motifs is 1. The van der Waals surface area contributed by atoms with Crippen molar-refractivity contribution in [3.8, 4) is 0 Å². The number of carbonyl (C=O) groups is 4. The molecule has 0 bridgehead atoms. The number of rotatable bonds is 8. The molecule has 1 fully saturated rings. The smallest absolute Gasteiger partial charge is 0.272 e. The first kappa shape index (κ1) is 23.2. The number of hydrogen-bond acceptors (Lipinski definition) is 4. The molecule has 4 amide bonds. The first-order chi connectivity index (χ1) is 15.3. The highest BCUT2D eigenvalue weighted by Crippen LogP contribution is 2.16. The lowest BCUT2D eigenvalue weighted by atomic mass is 10.0. The number of carbonyl (C=O) groups excluding carboxylic acids is 4. The molecule has 1 aliphatic rings. The Kier molecular flexibility index (Phi) is 7.45. The molecular formula is C22H28FN5O4. The zero-order valence-corrected chi connectivity index (χ0v) is 18.1. The van der Waals surface area contributed by atoms with Crippen LogP contribution < -0.4 is 16.1 Å². The fraction of sp³-hybridized carbons (Fsp3) is 0.455. The zero-order valence-electron chi connectivity index (χ0n) is 18.1. The van der Waals surface area contributed by atoms with E-state index < -0.39 is 36.4 Å². The van der Waals surface area contributed by atoms with Crippen molar-refractivity contribution < 1.29 is 23.6 Å². The lowest BCUT2D eigenvalue weighted by Crippen LogP contribution is -2.56. The third-order valence-electron chi connectivity index (χ3n) is 5.33. The largest absolute Gasteiger partial charge is 0.356 e. The van der Waals surface area contributed by atoms with Gasteiger partial charge in [0, 0.05) is 17.4 Å². The van der Waals surface area contributed by atoms with E-state index in [4.69, 9.17) is 0 Å². The summed E-state index contributed by atoms with van der Waals surface area (Å²) in [6.07, 6.45) is 0.788. The molecule has 1 saturated heterocycles. The molecule has 9 nitrogen and oxygen atoms in total. The predicted octanol–water partition coefficient (Wildman–Crippen LogP) is 1.28. The van der Waals surface area contributed by atoms with Gasteiger partial charge in [-0.3, -0.25) is 29.6 Å². The van der Waals surface area contributed by atoms with Crippen LogP contribution in [0.5, 0.6) is 0 Å². The van der Waals surface area contributed by atoms with Crippen molar-refractivity contribution >= 4 is 34.5 Å². The molecule has 172 valence electrons. The second-order valence-electron chi connectivity index (χ2n) is 8.32. The third kappa shape index (κ3) is 5.63. The summed E-state index contributed by atoms with van der Waals surface area (Å²) >= 11 is 0. The first-order valence-corrected chi connectivity index (χ1v) is 10.6. The molecule has 1 aliphatic heterocycles. The van der Waals surface area contributed by atoms with Crippen molar-refractivity contribution in [3.05, 3.63) is 36.0 Å². The van der Waals surface area contributed by atoms with E-state index >= 15 is 0 Å². The summed E-state index contributed by atoms with van der Waals surface area (Å²) in [6.45, 7) is 2.80. The number of H-pyrrole nitrogens is 1. The van der Waals surface area contributed by atoms with Crippen molar-refractivity contribution in [3.63, 3.8) is 0 Å². The summed E-state index contributed by atoms with van der Waals surface area (Å²) in [4.78, 5) is 52.6. The van der Waals surface area contributed by atoms with Crippen LogP contribution in [0.1, 0.15) is 37.2 Å². The van der Waals surface area contributed by atoms with Crippen LogP contribution in [0, 0.1) is 11.8 Å². The normalized spacial score (nSPS) is 16.6. The van der Waals surface area contributed by atoms with Crippen LogP contribution in [0.4, 0.5) is 4.39 Å². The maximum atomic E-state index is 13.1. The number of halogens is 1. The Balaban J connectivity index is 1.72. The van der Waals surface area contributed by atoms with Gasteiger partial charge in [-0.15, -0.1) is 0 Å². The van der Waals surface area contributed by atoms with Crippen LogP contribution in [0.3, 0.4) is 0 Å². The highest BCUT2D eigenvalue weighted by Gasteiger charge is 2.31. The molecule has 4 N–H and O–H groups in total. The Morgan fingerprint density at radius 2 is 2.00 bits per heavy atom. The van der Waals surface area contributed by atoms with E-state index in [-0.39, 0.29) is 18.4 Å². The fourth-order valence-corrected chi connectivity index (χ4v) is 3.67. The molecule has 1 aromatic heterocycles. The minimum absolute atomic E-state index is 0.0553. The number of hydrogen-bond donors (Lipinski definition) is 4. The van der Waals surface area contributed by atoms with Crippen LogP contribution in [0.15, 0.2) is 30.3 Å². The summed E-state index contributed by atoms with van der Waals surface area (Å²) < 4.78 is 13.1. The summed E-state index contributed by atoms with van der Waals surface area (Å²) in [7, 11) is 0. The van der Waals surface area contributed by atoms with Crippen molar-refractivity contribution in [2.45, 2.75) is 32.7 Å². The molecule has 2 heterocycles. The fourth-order valence-electron chi connectivity index (χ4n) is 3.67. The van der Waals surface area contributed by atoms with Crippen molar-refractivity contribution in [1.29, 1.82) is 0 Å². The maximum absolute atomic E-state index is 13.1.